The fourth-order valence-electron chi connectivity index (χ4n) is 3.79. The molecule has 1 amide bonds. The van der Waals surface area contributed by atoms with Crippen LogP contribution in [0.15, 0.2) is 35.6 Å². The maximum absolute atomic E-state index is 14.2. The van der Waals surface area contributed by atoms with Crippen molar-refractivity contribution in [1.82, 2.24) is 15.2 Å². The number of carbonyl (C=O) groups is 1. The molecule has 0 fully saturated rings. The smallest absolute Gasteiger partial charge is 0.383 e. The molecule has 2 aromatic rings. The van der Waals surface area contributed by atoms with Crippen molar-refractivity contribution in [1.29, 1.82) is 0 Å². The van der Waals surface area contributed by atoms with Crippen molar-refractivity contribution < 1.29 is 27.5 Å². The van der Waals surface area contributed by atoms with E-state index in [1.165, 1.54) is 25.3 Å². The highest BCUT2D eigenvalue weighted by molar-refractivity contribution is 6.34. The van der Waals surface area contributed by atoms with E-state index in [2.05, 4.69) is 15.5 Å². The van der Waals surface area contributed by atoms with Crippen molar-refractivity contribution in [2.75, 3.05) is 20.3 Å². The van der Waals surface area contributed by atoms with E-state index in [-0.39, 0.29) is 39.6 Å². The SMILES string of the molecule is COCCNC(=O)c1cc2c(cn1)CN(C1=NOC(c3cc(Cl)cc(Cl)c3)(C(F)(F)F)C1)C2. The number of carbonyl (C=O) groups excluding carboxylic acids is 1. The van der Waals surface area contributed by atoms with Gasteiger partial charge in [0.1, 0.15) is 11.5 Å². The number of benzene rings is 1. The molecule has 1 N–H and O–H groups in total. The van der Waals surface area contributed by atoms with Crippen LogP contribution in [-0.2, 0) is 28.3 Å². The molecule has 176 valence electrons. The van der Waals surface area contributed by atoms with Crippen LogP contribution in [0.3, 0.4) is 0 Å². The van der Waals surface area contributed by atoms with E-state index in [0.29, 0.717) is 19.7 Å². The Hall–Kier alpha value is -2.56. The number of nitrogens with one attached hydrogen (secondary N) is 1. The van der Waals surface area contributed by atoms with E-state index in [1.807, 2.05) is 0 Å². The van der Waals surface area contributed by atoms with Gasteiger partial charge in [0.05, 0.1) is 13.0 Å². The van der Waals surface area contributed by atoms with Gasteiger partial charge < -0.3 is 19.8 Å². The molecular formula is C21H19Cl2F3N4O3. The van der Waals surface area contributed by atoms with E-state index in [1.54, 1.807) is 17.2 Å². The molecule has 1 atom stereocenters. The number of alkyl halides is 3. The Balaban J connectivity index is 1.52. The molecule has 1 unspecified atom stereocenters. The Morgan fingerprint density at radius 3 is 2.58 bits per heavy atom. The van der Waals surface area contributed by atoms with Gasteiger partial charge in [0.25, 0.3) is 11.5 Å². The molecule has 1 aromatic carbocycles. The Kier molecular flexibility index (Phi) is 6.43. The number of hydrogen-bond acceptors (Lipinski definition) is 6. The predicted octanol–water partition coefficient (Wildman–Crippen LogP) is 4.27. The second-order valence-corrected chi connectivity index (χ2v) is 8.57. The summed E-state index contributed by atoms with van der Waals surface area (Å²) in [6.45, 7) is 1.26. The van der Waals surface area contributed by atoms with Gasteiger partial charge >= 0.3 is 6.18 Å². The molecule has 33 heavy (non-hydrogen) atoms. The Bertz CT molecular complexity index is 1090. The van der Waals surface area contributed by atoms with E-state index >= 15 is 0 Å². The van der Waals surface area contributed by atoms with E-state index in [0.717, 1.165) is 11.1 Å². The molecule has 12 heteroatoms. The van der Waals surface area contributed by atoms with Gasteiger partial charge in [0, 0.05) is 48.5 Å². The third kappa shape index (κ3) is 4.60. The minimum absolute atomic E-state index is 0.0640. The summed E-state index contributed by atoms with van der Waals surface area (Å²) < 4.78 is 47.5. The van der Waals surface area contributed by atoms with Crippen LogP contribution >= 0.6 is 23.2 Å². The van der Waals surface area contributed by atoms with Crippen LogP contribution in [0, 0.1) is 0 Å². The second kappa shape index (κ2) is 9.00. The predicted molar refractivity (Wildman–Crippen MR) is 115 cm³/mol. The van der Waals surface area contributed by atoms with Crippen LogP contribution in [-0.4, -0.2) is 48.1 Å². The van der Waals surface area contributed by atoms with Crippen molar-refractivity contribution >= 4 is 34.9 Å². The topological polar surface area (TPSA) is 76.0 Å². The van der Waals surface area contributed by atoms with Crippen molar-refractivity contribution in [2.45, 2.75) is 31.3 Å². The molecule has 0 spiro atoms. The lowest BCUT2D eigenvalue weighted by Crippen LogP contribution is -2.43. The molecule has 2 aliphatic rings. The lowest BCUT2D eigenvalue weighted by atomic mass is 9.89. The quantitative estimate of drug-likeness (QED) is 0.617. The van der Waals surface area contributed by atoms with Crippen LogP contribution in [0.1, 0.15) is 33.6 Å². The van der Waals surface area contributed by atoms with Crippen molar-refractivity contribution in [3.63, 3.8) is 0 Å². The Labute approximate surface area is 197 Å². The van der Waals surface area contributed by atoms with Gasteiger partial charge in [0.2, 0.25) is 0 Å². The third-order valence-electron chi connectivity index (χ3n) is 5.50. The molecule has 4 rings (SSSR count). The number of aromatic nitrogens is 1. The highest BCUT2D eigenvalue weighted by Crippen LogP contribution is 2.49. The number of nitrogens with zero attached hydrogens (tertiary/aromatic N) is 3. The fraction of sp³-hybridized carbons (Fsp3) is 0.381. The normalized spacial score (nSPS) is 19.8. The fourth-order valence-corrected chi connectivity index (χ4v) is 4.32. The first kappa shape index (κ1) is 23.6. The van der Waals surface area contributed by atoms with Crippen LogP contribution in [0.25, 0.3) is 0 Å². The highest BCUT2D eigenvalue weighted by Gasteiger charge is 2.63. The molecular weight excluding hydrogens is 484 g/mol. The summed E-state index contributed by atoms with van der Waals surface area (Å²) in [5.41, 5.74) is -1.13. The molecule has 0 aliphatic carbocycles. The number of amidine groups is 1. The van der Waals surface area contributed by atoms with Crippen LogP contribution in [0.4, 0.5) is 13.2 Å². The van der Waals surface area contributed by atoms with Gasteiger partial charge in [0.15, 0.2) is 0 Å². The van der Waals surface area contributed by atoms with Gasteiger partial charge in [-0.1, -0.05) is 28.4 Å². The number of oxime groups is 1. The first-order valence-electron chi connectivity index (χ1n) is 9.91. The zero-order chi connectivity index (χ0) is 23.8. The standard InChI is InChI=1S/C21H19Cl2F3N4O3/c1-32-3-2-27-19(31)17-4-12-10-30(11-13(12)9-28-17)18-8-20(33-29-18,21(24,25)26)14-5-15(22)7-16(23)6-14/h4-7,9H,2-3,8,10-11H2,1H3,(H,27,31). The number of methoxy groups -OCH3 is 1. The molecule has 7 nitrogen and oxygen atoms in total. The number of ether oxygens (including phenoxy) is 1. The molecule has 3 heterocycles. The summed E-state index contributed by atoms with van der Waals surface area (Å²) in [7, 11) is 1.53. The van der Waals surface area contributed by atoms with Gasteiger partial charge in [-0.3, -0.25) is 9.78 Å². The maximum atomic E-state index is 14.2. The first-order valence-corrected chi connectivity index (χ1v) is 10.7. The van der Waals surface area contributed by atoms with Crippen molar-refractivity contribution in [3.8, 4) is 0 Å². The number of rotatable bonds is 5. The molecule has 0 saturated heterocycles. The number of pyridine rings is 1. The average molecular weight is 503 g/mol. The number of amides is 1. The lowest BCUT2D eigenvalue weighted by molar-refractivity contribution is -0.275. The Morgan fingerprint density at radius 1 is 1.21 bits per heavy atom. The highest BCUT2D eigenvalue weighted by atomic mass is 35.5. The van der Waals surface area contributed by atoms with Gasteiger partial charge in [-0.15, -0.1) is 0 Å². The van der Waals surface area contributed by atoms with E-state index in [9.17, 15) is 18.0 Å². The summed E-state index contributed by atoms with van der Waals surface area (Å²) in [5, 5.41) is 6.60. The zero-order valence-corrected chi connectivity index (χ0v) is 18.9. The maximum Gasteiger partial charge on any atom is 0.435 e. The summed E-state index contributed by atoms with van der Waals surface area (Å²) in [4.78, 5) is 23.1. The number of hydrogen-bond donors (Lipinski definition) is 1. The molecule has 0 bridgehead atoms. The van der Waals surface area contributed by atoms with Gasteiger partial charge in [-0.25, -0.2) is 0 Å². The summed E-state index contributed by atoms with van der Waals surface area (Å²) in [6, 6.07) is 5.33. The zero-order valence-electron chi connectivity index (χ0n) is 17.4. The van der Waals surface area contributed by atoms with Crippen LogP contribution < -0.4 is 5.32 Å². The van der Waals surface area contributed by atoms with Crippen LogP contribution in [0.2, 0.25) is 10.0 Å². The molecule has 0 saturated carbocycles. The average Bonchev–Trinajstić information content (AvgIpc) is 3.37. The molecule has 0 radical (unpaired) electrons. The molecule has 2 aliphatic heterocycles. The van der Waals surface area contributed by atoms with Crippen LogP contribution in [0.5, 0.6) is 0 Å². The summed E-state index contributed by atoms with van der Waals surface area (Å²) in [5.74, 6) is -0.227. The molecule has 1 aromatic heterocycles. The number of halogens is 5. The summed E-state index contributed by atoms with van der Waals surface area (Å²) in [6.07, 6.45) is -3.77. The minimum Gasteiger partial charge on any atom is -0.383 e. The first-order chi connectivity index (χ1) is 15.6. The van der Waals surface area contributed by atoms with E-state index < -0.39 is 18.2 Å². The van der Waals surface area contributed by atoms with Gasteiger partial charge in [-0.05, 0) is 35.4 Å². The minimum atomic E-state index is -4.77. The largest absolute Gasteiger partial charge is 0.435 e. The second-order valence-electron chi connectivity index (χ2n) is 7.70. The van der Waals surface area contributed by atoms with E-state index in [4.69, 9.17) is 32.8 Å². The number of fused-ring (bicyclic) bond motifs is 1. The van der Waals surface area contributed by atoms with Gasteiger partial charge in [-0.2, -0.15) is 13.2 Å². The lowest BCUT2D eigenvalue weighted by Gasteiger charge is -2.30. The van der Waals surface area contributed by atoms with Crippen molar-refractivity contribution in [2.24, 2.45) is 5.16 Å². The van der Waals surface area contributed by atoms with Crippen molar-refractivity contribution in [3.05, 3.63) is 62.9 Å². The summed E-state index contributed by atoms with van der Waals surface area (Å²) >= 11 is 11.9. The third-order valence-corrected chi connectivity index (χ3v) is 5.93. The Morgan fingerprint density at radius 2 is 1.91 bits per heavy atom. The monoisotopic (exact) mass is 502 g/mol.